The molecule has 0 saturated heterocycles. The zero-order valence-electron chi connectivity index (χ0n) is 9.97. The molecule has 3 nitrogen and oxygen atoms in total. The predicted octanol–water partition coefficient (Wildman–Crippen LogP) is 3.20. The summed E-state index contributed by atoms with van der Waals surface area (Å²) in [6.07, 6.45) is 1.49. The second-order valence-corrected chi connectivity index (χ2v) is 5.59. The average molecular weight is 252 g/mol. The Labute approximate surface area is 102 Å². The molecule has 0 radical (unpaired) electrons. The maximum Gasteiger partial charge on any atom is 0.295 e. The van der Waals surface area contributed by atoms with Crippen LogP contribution in [-0.2, 0) is 10.1 Å². The Bertz CT molecular complexity index is 570. The van der Waals surface area contributed by atoms with E-state index in [1.54, 1.807) is 12.1 Å². The summed E-state index contributed by atoms with van der Waals surface area (Å²) in [7, 11) is -4.14. The monoisotopic (exact) mass is 252 g/mol. The summed E-state index contributed by atoms with van der Waals surface area (Å²) >= 11 is 0. The molecule has 0 fully saturated rings. The van der Waals surface area contributed by atoms with Crippen molar-refractivity contribution in [3.05, 3.63) is 41.0 Å². The third kappa shape index (κ3) is 1.91. The second-order valence-electron chi connectivity index (χ2n) is 4.23. The van der Waals surface area contributed by atoms with Gasteiger partial charge in [-0.3, -0.25) is 4.55 Å². The van der Waals surface area contributed by atoms with Crippen molar-refractivity contribution in [1.29, 1.82) is 0 Å². The number of fused-ring (bicyclic) bond motifs is 1. The van der Waals surface area contributed by atoms with Gasteiger partial charge >= 0.3 is 0 Å². The van der Waals surface area contributed by atoms with Gasteiger partial charge in [-0.1, -0.05) is 38.1 Å². The van der Waals surface area contributed by atoms with Crippen molar-refractivity contribution in [1.82, 2.24) is 0 Å². The molecule has 0 heterocycles. The lowest BCUT2D eigenvalue weighted by Crippen LogP contribution is -2.02. The SMILES string of the molecule is CCC1=C(S(=O)(=O)O)c2ccccc2C1CC. The molecular weight excluding hydrogens is 236 g/mol. The van der Waals surface area contributed by atoms with Crippen molar-refractivity contribution in [2.75, 3.05) is 0 Å². The number of benzene rings is 1. The van der Waals surface area contributed by atoms with E-state index in [0.29, 0.717) is 12.0 Å². The first-order chi connectivity index (χ1) is 8.00. The van der Waals surface area contributed by atoms with Gasteiger partial charge in [0.15, 0.2) is 0 Å². The normalized spacial score (nSPS) is 19.6. The van der Waals surface area contributed by atoms with Gasteiger partial charge < -0.3 is 0 Å². The van der Waals surface area contributed by atoms with Crippen LogP contribution in [0.25, 0.3) is 4.91 Å². The number of rotatable bonds is 3. The standard InChI is InChI=1S/C13H16O3S/c1-3-9-10(4-2)13(17(14,15)16)12-8-6-5-7-11(9)12/h5-9H,3-4H2,1-2H3,(H,14,15,16). The highest BCUT2D eigenvalue weighted by Gasteiger charge is 2.34. The number of allylic oxidation sites excluding steroid dienone is 1. The molecule has 1 aliphatic carbocycles. The quantitative estimate of drug-likeness (QED) is 0.840. The summed E-state index contributed by atoms with van der Waals surface area (Å²) in [5.74, 6) is 0.119. The highest BCUT2D eigenvalue weighted by atomic mass is 32.2. The van der Waals surface area contributed by atoms with Crippen molar-refractivity contribution in [2.24, 2.45) is 0 Å². The van der Waals surface area contributed by atoms with Crippen LogP contribution in [0.5, 0.6) is 0 Å². The smallest absolute Gasteiger partial charge is 0.282 e. The Hall–Kier alpha value is -1.13. The van der Waals surface area contributed by atoms with Gasteiger partial charge in [-0.25, -0.2) is 0 Å². The van der Waals surface area contributed by atoms with E-state index in [1.165, 1.54) is 0 Å². The summed E-state index contributed by atoms with van der Waals surface area (Å²) < 4.78 is 32.4. The molecule has 1 atom stereocenters. The van der Waals surface area contributed by atoms with Crippen LogP contribution in [0, 0.1) is 0 Å². The lowest BCUT2D eigenvalue weighted by Gasteiger charge is -2.12. The Morgan fingerprint density at radius 1 is 1.24 bits per heavy atom. The Morgan fingerprint density at radius 2 is 1.88 bits per heavy atom. The summed E-state index contributed by atoms with van der Waals surface area (Å²) in [5, 5.41) is 0. The molecule has 0 aliphatic heterocycles. The zero-order chi connectivity index (χ0) is 12.6. The van der Waals surface area contributed by atoms with Gasteiger partial charge in [-0.15, -0.1) is 0 Å². The molecule has 1 aliphatic rings. The fraction of sp³-hybridized carbons (Fsp3) is 0.385. The molecule has 0 aromatic heterocycles. The molecule has 92 valence electrons. The first-order valence-corrected chi connectivity index (χ1v) is 7.24. The van der Waals surface area contributed by atoms with Crippen molar-refractivity contribution < 1.29 is 13.0 Å². The largest absolute Gasteiger partial charge is 0.295 e. The van der Waals surface area contributed by atoms with Crippen molar-refractivity contribution >= 4 is 15.0 Å². The Morgan fingerprint density at radius 3 is 2.41 bits per heavy atom. The van der Waals surface area contributed by atoms with E-state index >= 15 is 0 Å². The molecule has 1 aromatic carbocycles. The molecule has 4 heteroatoms. The van der Waals surface area contributed by atoms with Gasteiger partial charge in [0.2, 0.25) is 0 Å². The Kier molecular flexibility index (Phi) is 3.10. The zero-order valence-corrected chi connectivity index (χ0v) is 10.8. The topological polar surface area (TPSA) is 54.4 Å². The molecule has 2 rings (SSSR count). The van der Waals surface area contributed by atoms with E-state index in [-0.39, 0.29) is 10.8 Å². The van der Waals surface area contributed by atoms with E-state index in [1.807, 2.05) is 26.0 Å². The lowest BCUT2D eigenvalue weighted by atomic mass is 9.92. The van der Waals surface area contributed by atoms with E-state index in [9.17, 15) is 13.0 Å². The summed E-state index contributed by atoms with van der Waals surface area (Å²) in [4.78, 5) is 0.127. The summed E-state index contributed by atoms with van der Waals surface area (Å²) in [6, 6.07) is 7.41. The molecule has 0 saturated carbocycles. The van der Waals surface area contributed by atoms with Crippen LogP contribution in [-0.4, -0.2) is 13.0 Å². The molecule has 0 spiro atoms. The molecule has 17 heavy (non-hydrogen) atoms. The first kappa shape index (κ1) is 12.3. The maximum absolute atomic E-state index is 11.5. The van der Waals surface area contributed by atoms with Gasteiger partial charge in [0, 0.05) is 5.92 Å². The first-order valence-electron chi connectivity index (χ1n) is 5.80. The van der Waals surface area contributed by atoms with Gasteiger partial charge in [-0.05, 0) is 29.5 Å². The number of hydrogen-bond donors (Lipinski definition) is 1. The van der Waals surface area contributed by atoms with E-state index in [4.69, 9.17) is 0 Å². The van der Waals surface area contributed by atoms with Crippen LogP contribution in [0.2, 0.25) is 0 Å². The minimum atomic E-state index is -4.14. The van der Waals surface area contributed by atoms with Gasteiger partial charge in [0.05, 0.1) is 0 Å². The van der Waals surface area contributed by atoms with E-state index < -0.39 is 10.1 Å². The Balaban J connectivity index is 2.75. The van der Waals surface area contributed by atoms with Crippen LogP contribution in [0.3, 0.4) is 0 Å². The minimum absolute atomic E-state index is 0.119. The fourth-order valence-corrected chi connectivity index (χ4v) is 3.79. The molecule has 1 aromatic rings. The molecular formula is C13H16O3S. The van der Waals surface area contributed by atoms with Gasteiger partial charge in [0.25, 0.3) is 10.1 Å². The fourth-order valence-electron chi connectivity index (χ4n) is 2.70. The summed E-state index contributed by atoms with van der Waals surface area (Å²) in [5.41, 5.74) is 2.51. The number of hydrogen-bond acceptors (Lipinski definition) is 2. The van der Waals surface area contributed by atoms with Crippen molar-refractivity contribution in [3.63, 3.8) is 0 Å². The molecule has 0 amide bonds. The lowest BCUT2D eigenvalue weighted by molar-refractivity contribution is 0.496. The average Bonchev–Trinajstić information content (AvgIpc) is 2.61. The van der Waals surface area contributed by atoms with Gasteiger partial charge in [0.1, 0.15) is 4.91 Å². The third-order valence-electron chi connectivity index (χ3n) is 3.34. The van der Waals surface area contributed by atoms with Crippen LogP contribution < -0.4 is 0 Å². The molecule has 1 unspecified atom stereocenters. The highest BCUT2D eigenvalue weighted by molar-refractivity contribution is 7.95. The van der Waals surface area contributed by atoms with Crippen molar-refractivity contribution in [3.8, 4) is 0 Å². The molecule has 0 bridgehead atoms. The van der Waals surface area contributed by atoms with Crippen molar-refractivity contribution in [2.45, 2.75) is 32.6 Å². The van der Waals surface area contributed by atoms with Crippen LogP contribution in [0.4, 0.5) is 0 Å². The predicted molar refractivity (Wildman–Crippen MR) is 68.2 cm³/mol. The van der Waals surface area contributed by atoms with E-state index in [2.05, 4.69) is 0 Å². The maximum atomic E-state index is 11.5. The van der Waals surface area contributed by atoms with E-state index in [0.717, 1.165) is 17.6 Å². The summed E-state index contributed by atoms with van der Waals surface area (Å²) in [6.45, 7) is 3.96. The molecule has 1 N–H and O–H groups in total. The third-order valence-corrected chi connectivity index (χ3v) is 4.34. The van der Waals surface area contributed by atoms with Gasteiger partial charge in [-0.2, -0.15) is 8.42 Å². The van der Waals surface area contributed by atoms with Crippen LogP contribution in [0.15, 0.2) is 29.8 Å². The van der Waals surface area contributed by atoms with Crippen LogP contribution in [0.1, 0.15) is 43.7 Å². The highest BCUT2D eigenvalue weighted by Crippen LogP contribution is 2.46. The van der Waals surface area contributed by atoms with Crippen LogP contribution >= 0.6 is 0 Å². The second kappa shape index (κ2) is 4.27. The minimum Gasteiger partial charge on any atom is -0.282 e.